The normalized spacial score (nSPS) is 10.9. The highest BCUT2D eigenvalue weighted by Crippen LogP contribution is 2.35. The summed E-state index contributed by atoms with van der Waals surface area (Å²) in [6, 6.07) is 21.7. The van der Waals surface area contributed by atoms with Crippen molar-refractivity contribution in [2.24, 2.45) is 5.73 Å². The summed E-state index contributed by atoms with van der Waals surface area (Å²) in [5.74, 6) is 1.71. The SMILES string of the molecule is CCOc1ccc(C(=N)N)cc1Oc1nc(Oc2cccc(C(=O)N(C)C)c2)c2nc(C)n(Cc3ccccc3)c2n1. The second kappa shape index (κ2) is 12.0. The molecule has 0 saturated heterocycles. The summed E-state index contributed by atoms with van der Waals surface area (Å²) in [7, 11) is 3.38. The summed E-state index contributed by atoms with van der Waals surface area (Å²) < 4.78 is 20.1. The number of carbonyl (C=O) groups excluding carboxylic acids is 1. The maximum absolute atomic E-state index is 12.6. The third-order valence-corrected chi connectivity index (χ3v) is 6.37. The van der Waals surface area contributed by atoms with Crippen molar-refractivity contribution in [1.29, 1.82) is 5.41 Å². The van der Waals surface area contributed by atoms with Crippen LogP contribution in [0.2, 0.25) is 0 Å². The van der Waals surface area contributed by atoms with Crippen LogP contribution in [-0.2, 0) is 6.54 Å². The monoisotopic (exact) mass is 565 g/mol. The molecule has 0 radical (unpaired) electrons. The zero-order valence-corrected chi connectivity index (χ0v) is 23.8. The summed E-state index contributed by atoms with van der Waals surface area (Å²) in [6.07, 6.45) is 0. The van der Waals surface area contributed by atoms with Gasteiger partial charge in [0.1, 0.15) is 17.4 Å². The number of nitrogen functional groups attached to an aromatic ring is 1. The maximum atomic E-state index is 12.6. The molecule has 0 atom stereocenters. The summed E-state index contributed by atoms with van der Waals surface area (Å²) in [5, 5.41) is 7.85. The predicted octanol–water partition coefficient (Wildman–Crippen LogP) is 5.15. The number of imidazole rings is 1. The number of rotatable bonds is 10. The number of nitrogens with zero attached hydrogens (tertiary/aromatic N) is 5. The van der Waals surface area contributed by atoms with Crippen molar-refractivity contribution in [3.8, 4) is 29.1 Å². The first-order valence-corrected chi connectivity index (χ1v) is 13.3. The van der Waals surface area contributed by atoms with Gasteiger partial charge in [0.15, 0.2) is 22.7 Å². The van der Waals surface area contributed by atoms with E-state index >= 15 is 0 Å². The molecule has 0 aliphatic heterocycles. The predicted molar refractivity (Wildman–Crippen MR) is 159 cm³/mol. The van der Waals surface area contributed by atoms with Crippen molar-refractivity contribution < 1.29 is 19.0 Å². The molecule has 2 heterocycles. The van der Waals surface area contributed by atoms with Crippen molar-refractivity contribution in [3.05, 3.63) is 95.3 Å². The fourth-order valence-corrected chi connectivity index (χ4v) is 4.33. The summed E-state index contributed by atoms with van der Waals surface area (Å²) in [4.78, 5) is 28.1. The van der Waals surface area contributed by atoms with Gasteiger partial charge < -0.3 is 29.4 Å². The van der Waals surface area contributed by atoms with Gasteiger partial charge in [-0.05, 0) is 55.8 Å². The molecular formula is C31H31N7O4. The van der Waals surface area contributed by atoms with E-state index < -0.39 is 0 Å². The lowest BCUT2D eigenvalue weighted by Gasteiger charge is -2.14. The molecular weight excluding hydrogens is 534 g/mol. The van der Waals surface area contributed by atoms with E-state index in [9.17, 15) is 4.79 Å². The topological polar surface area (TPSA) is 141 Å². The van der Waals surface area contributed by atoms with Gasteiger partial charge in [0, 0.05) is 25.2 Å². The maximum Gasteiger partial charge on any atom is 0.327 e. The van der Waals surface area contributed by atoms with E-state index in [0.29, 0.717) is 58.5 Å². The molecule has 5 aromatic rings. The first kappa shape index (κ1) is 28.1. The first-order chi connectivity index (χ1) is 20.2. The number of ether oxygens (including phenoxy) is 3. The molecule has 42 heavy (non-hydrogen) atoms. The van der Waals surface area contributed by atoms with Crippen LogP contribution < -0.4 is 19.9 Å². The number of amides is 1. The number of benzene rings is 3. The van der Waals surface area contributed by atoms with Gasteiger partial charge in [-0.25, -0.2) is 4.98 Å². The zero-order chi connectivity index (χ0) is 29.8. The molecule has 11 nitrogen and oxygen atoms in total. The van der Waals surface area contributed by atoms with Gasteiger partial charge >= 0.3 is 6.01 Å². The Labute approximate surface area is 243 Å². The van der Waals surface area contributed by atoms with E-state index in [2.05, 4.69) is 4.98 Å². The van der Waals surface area contributed by atoms with Crippen molar-refractivity contribution in [1.82, 2.24) is 24.4 Å². The average Bonchev–Trinajstić information content (AvgIpc) is 3.29. The van der Waals surface area contributed by atoms with Crippen LogP contribution >= 0.6 is 0 Å². The van der Waals surface area contributed by atoms with Gasteiger partial charge in [0.2, 0.25) is 0 Å². The Hall–Kier alpha value is -5.45. The Balaban J connectivity index is 1.63. The van der Waals surface area contributed by atoms with Crippen LogP contribution in [0.3, 0.4) is 0 Å². The lowest BCUT2D eigenvalue weighted by Crippen LogP contribution is -2.21. The van der Waals surface area contributed by atoms with Crippen molar-refractivity contribution in [2.45, 2.75) is 20.4 Å². The van der Waals surface area contributed by atoms with Crippen LogP contribution in [0.15, 0.2) is 72.8 Å². The first-order valence-electron chi connectivity index (χ1n) is 13.3. The van der Waals surface area contributed by atoms with Crippen molar-refractivity contribution >= 4 is 22.9 Å². The molecule has 0 bridgehead atoms. The Morgan fingerprint density at radius 3 is 2.43 bits per heavy atom. The summed E-state index contributed by atoms with van der Waals surface area (Å²) >= 11 is 0. The highest BCUT2D eigenvalue weighted by atomic mass is 16.5. The van der Waals surface area contributed by atoms with Crippen molar-refractivity contribution in [2.75, 3.05) is 20.7 Å². The standard InChI is InChI=1S/C31H31N7O4/c1-5-40-24-15-14-21(27(32)33)17-25(24)42-31-35-28-26(34-19(2)38(28)18-20-10-7-6-8-11-20)29(36-31)41-23-13-9-12-22(16-23)30(39)37(3)4/h6-17H,5,18H2,1-4H3,(H3,32,33). The molecule has 3 N–H and O–H groups in total. The van der Waals surface area contributed by atoms with E-state index in [4.69, 9.17) is 35.3 Å². The van der Waals surface area contributed by atoms with Gasteiger partial charge in [0.05, 0.1) is 13.2 Å². The molecule has 0 spiro atoms. The molecule has 11 heteroatoms. The largest absolute Gasteiger partial charge is 0.490 e. The van der Waals surface area contributed by atoms with E-state index in [0.717, 1.165) is 5.56 Å². The van der Waals surface area contributed by atoms with E-state index in [-0.39, 0.29) is 23.6 Å². The fraction of sp³-hybridized carbons (Fsp3) is 0.194. The number of fused-ring (bicyclic) bond motifs is 1. The van der Waals surface area contributed by atoms with Crippen molar-refractivity contribution in [3.63, 3.8) is 0 Å². The number of aryl methyl sites for hydroxylation is 1. The van der Waals surface area contributed by atoms with Crippen LogP contribution in [0.4, 0.5) is 0 Å². The number of nitrogens with one attached hydrogen (secondary N) is 1. The van der Waals surface area contributed by atoms with Gasteiger partial charge in [-0.3, -0.25) is 10.2 Å². The lowest BCUT2D eigenvalue weighted by atomic mass is 10.2. The summed E-state index contributed by atoms with van der Waals surface area (Å²) in [5.41, 5.74) is 8.64. The molecule has 0 saturated carbocycles. The molecule has 0 aliphatic carbocycles. The molecule has 2 aromatic heterocycles. The highest BCUT2D eigenvalue weighted by molar-refractivity contribution is 5.95. The Bertz CT molecular complexity index is 1770. The number of hydrogen-bond acceptors (Lipinski definition) is 8. The lowest BCUT2D eigenvalue weighted by molar-refractivity contribution is 0.0827. The molecule has 5 rings (SSSR count). The van der Waals surface area contributed by atoms with E-state index in [1.807, 2.05) is 48.7 Å². The van der Waals surface area contributed by atoms with E-state index in [1.54, 1.807) is 56.6 Å². The zero-order valence-electron chi connectivity index (χ0n) is 23.8. The molecule has 0 fully saturated rings. The fourth-order valence-electron chi connectivity index (χ4n) is 4.33. The van der Waals surface area contributed by atoms with Crippen LogP contribution in [0, 0.1) is 12.3 Å². The second-order valence-corrected chi connectivity index (χ2v) is 9.65. The molecule has 0 aliphatic rings. The average molecular weight is 566 g/mol. The minimum atomic E-state index is -0.158. The Kier molecular flexibility index (Phi) is 8.00. The number of carbonyl (C=O) groups is 1. The van der Waals surface area contributed by atoms with Gasteiger partial charge in [0.25, 0.3) is 11.8 Å². The van der Waals surface area contributed by atoms with Gasteiger partial charge in [-0.2, -0.15) is 9.97 Å². The van der Waals surface area contributed by atoms with Gasteiger partial charge in [-0.1, -0.05) is 36.4 Å². The quantitative estimate of drug-likeness (QED) is 0.175. The molecule has 1 amide bonds. The molecule has 3 aromatic carbocycles. The van der Waals surface area contributed by atoms with Crippen LogP contribution in [0.25, 0.3) is 11.2 Å². The highest BCUT2D eigenvalue weighted by Gasteiger charge is 2.21. The number of hydrogen-bond donors (Lipinski definition) is 2. The minimum Gasteiger partial charge on any atom is -0.490 e. The van der Waals surface area contributed by atoms with Crippen LogP contribution in [0.1, 0.15) is 34.2 Å². The third kappa shape index (κ3) is 5.99. The van der Waals surface area contributed by atoms with Crippen LogP contribution in [0.5, 0.6) is 29.1 Å². The third-order valence-electron chi connectivity index (χ3n) is 6.37. The van der Waals surface area contributed by atoms with Gasteiger partial charge in [-0.15, -0.1) is 0 Å². The Morgan fingerprint density at radius 1 is 0.929 bits per heavy atom. The number of nitrogens with two attached hydrogens (primary N) is 1. The Morgan fingerprint density at radius 2 is 1.71 bits per heavy atom. The molecule has 0 unspecified atom stereocenters. The molecule has 214 valence electrons. The van der Waals surface area contributed by atoms with Crippen LogP contribution in [-0.4, -0.2) is 56.9 Å². The second-order valence-electron chi connectivity index (χ2n) is 9.65. The smallest absolute Gasteiger partial charge is 0.327 e. The number of aromatic nitrogens is 4. The van der Waals surface area contributed by atoms with E-state index in [1.165, 1.54) is 4.90 Å². The minimum absolute atomic E-state index is 0.0195. The summed E-state index contributed by atoms with van der Waals surface area (Å²) in [6.45, 7) is 4.65. The number of amidine groups is 1.